The molecule has 1 N–H and O–H groups in total. The van der Waals surface area contributed by atoms with Gasteiger partial charge in [-0.25, -0.2) is 0 Å². The Morgan fingerprint density at radius 1 is 1.50 bits per heavy atom. The maximum Gasteiger partial charge on any atom is 0.216 e. The SMILES string of the molecule is N#Cc1ccc2n[nH]c(F)c2c1. The van der Waals surface area contributed by atoms with E-state index in [-0.39, 0.29) is 0 Å². The number of H-pyrrole nitrogens is 1. The average Bonchev–Trinajstić information content (AvgIpc) is 2.47. The molecule has 0 aliphatic rings. The fourth-order valence-electron chi connectivity index (χ4n) is 1.05. The zero-order chi connectivity index (χ0) is 8.55. The first kappa shape index (κ1) is 6.80. The third-order valence-electron chi connectivity index (χ3n) is 1.64. The molecule has 0 saturated heterocycles. The van der Waals surface area contributed by atoms with Crippen LogP contribution in [0.15, 0.2) is 18.2 Å². The molecular weight excluding hydrogens is 157 g/mol. The molecule has 0 spiro atoms. The van der Waals surface area contributed by atoms with Gasteiger partial charge in [0.1, 0.15) is 0 Å². The van der Waals surface area contributed by atoms with E-state index >= 15 is 0 Å². The first-order valence-electron chi connectivity index (χ1n) is 3.35. The number of benzene rings is 1. The van der Waals surface area contributed by atoms with Crippen LogP contribution in [0.4, 0.5) is 4.39 Å². The van der Waals surface area contributed by atoms with Crippen LogP contribution in [-0.2, 0) is 0 Å². The van der Waals surface area contributed by atoms with Crippen molar-refractivity contribution in [1.29, 1.82) is 5.26 Å². The van der Waals surface area contributed by atoms with Crippen molar-refractivity contribution in [2.24, 2.45) is 0 Å². The Balaban J connectivity index is 2.82. The van der Waals surface area contributed by atoms with Crippen LogP contribution in [0, 0.1) is 17.3 Å². The minimum Gasteiger partial charge on any atom is -0.252 e. The molecule has 0 aliphatic carbocycles. The second-order valence-corrected chi connectivity index (χ2v) is 2.38. The third-order valence-corrected chi connectivity index (χ3v) is 1.64. The number of nitrogens with one attached hydrogen (secondary N) is 1. The van der Waals surface area contributed by atoms with Crippen LogP contribution < -0.4 is 0 Å². The molecule has 1 aromatic carbocycles. The summed E-state index contributed by atoms with van der Waals surface area (Å²) < 4.78 is 12.8. The Hall–Kier alpha value is -1.89. The second kappa shape index (κ2) is 2.31. The largest absolute Gasteiger partial charge is 0.252 e. The Bertz CT molecular complexity index is 467. The molecule has 3 nitrogen and oxygen atoms in total. The summed E-state index contributed by atoms with van der Waals surface area (Å²) in [6, 6.07) is 6.60. The lowest BCUT2D eigenvalue weighted by molar-refractivity contribution is 0.588. The van der Waals surface area contributed by atoms with E-state index in [9.17, 15) is 4.39 Å². The van der Waals surface area contributed by atoms with Crippen LogP contribution in [0.1, 0.15) is 5.56 Å². The fourth-order valence-corrected chi connectivity index (χ4v) is 1.05. The Labute approximate surface area is 67.4 Å². The van der Waals surface area contributed by atoms with Gasteiger partial charge in [0.15, 0.2) is 0 Å². The van der Waals surface area contributed by atoms with Gasteiger partial charge in [0, 0.05) is 0 Å². The summed E-state index contributed by atoms with van der Waals surface area (Å²) in [6.07, 6.45) is 0. The normalized spacial score (nSPS) is 10.0. The van der Waals surface area contributed by atoms with Crippen molar-refractivity contribution in [3.63, 3.8) is 0 Å². The van der Waals surface area contributed by atoms with Crippen LogP contribution >= 0.6 is 0 Å². The second-order valence-electron chi connectivity index (χ2n) is 2.38. The number of fused-ring (bicyclic) bond motifs is 1. The fraction of sp³-hybridized carbons (Fsp3) is 0. The molecule has 2 aromatic rings. The lowest BCUT2D eigenvalue weighted by Crippen LogP contribution is -1.74. The van der Waals surface area contributed by atoms with Crippen LogP contribution in [-0.4, -0.2) is 10.2 Å². The number of hydrogen-bond donors (Lipinski definition) is 1. The molecule has 1 aromatic heterocycles. The molecule has 0 atom stereocenters. The number of hydrogen-bond acceptors (Lipinski definition) is 2. The number of nitriles is 1. The van der Waals surface area contributed by atoms with Crippen molar-refractivity contribution < 1.29 is 4.39 Å². The van der Waals surface area contributed by atoms with Gasteiger partial charge in [-0.2, -0.15) is 14.8 Å². The Kier molecular flexibility index (Phi) is 1.31. The summed E-state index contributed by atoms with van der Waals surface area (Å²) >= 11 is 0. The molecule has 0 amide bonds. The van der Waals surface area contributed by atoms with Crippen LogP contribution in [0.25, 0.3) is 10.9 Å². The lowest BCUT2D eigenvalue weighted by Gasteiger charge is -1.87. The zero-order valence-corrected chi connectivity index (χ0v) is 6.00. The van der Waals surface area contributed by atoms with Crippen LogP contribution in [0.2, 0.25) is 0 Å². The summed E-state index contributed by atoms with van der Waals surface area (Å²) in [5, 5.41) is 14.8. The molecule has 0 unspecified atom stereocenters. The summed E-state index contributed by atoms with van der Waals surface area (Å²) in [5.74, 6) is -0.498. The maximum atomic E-state index is 12.8. The van der Waals surface area contributed by atoms with Crippen molar-refractivity contribution in [2.75, 3.05) is 0 Å². The quantitative estimate of drug-likeness (QED) is 0.637. The van der Waals surface area contributed by atoms with E-state index in [1.807, 2.05) is 6.07 Å². The van der Waals surface area contributed by atoms with E-state index in [2.05, 4.69) is 10.2 Å². The molecule has 2 rings (SSSR count). The predicted octanol–water partition coefficient (Wildman–Crippen LogP) is 1.57. The van der Waals surface area contributed by atoms with Gasteiger partial charge >= 0.3 is 0 Å². The van der Waals surface area contributed by atoms with E-state index in [0.717, 1.165) is 0 Å². The van der Waals surface area contributed by atoms with Gasteiger partial charge in [0.25, 0.3) is 0 Å². The molecule has 0 aliphatic heterocycles. The Morgan fingerprint density at radius 3 is 3.08 bits per heavy atom. The van der Waals surface area contributed by atoms with Crippen LogP contribution in [0.3, 0.4) is 0 Å². The molecule has 12 heavy (non-hydrogen) atoms. The molecule has 0 fully saturated rings. The van der Waals surface area contributed by atoms with Crippen molar-refractivity contribution in [2.45, 2.75) is 0 Å². The highest BCUT2D eigenvalue weighted by atomic mass is 19.1. The average molecular weight is 161 g/mol. The highest BCUT2D eigenvalue weighted by Gasteiger charge is 2.03. The highest BCUT2D eigenvalue weighted by Crippen LogP contribution is 2.15. The highest BCUT2D eigenvalue weighted by molar-refractivity contribution is 5.79. The number of nitrogens with zero attached hydrogens (tertiary/aromatic N) is 2. The van der Waals surface area contributed by atoms with Crippen LogP contribution in [0.5, 0.6) is 0 Å². The van der Waals surface area contributed by atoms with E-state index in [4.69, 9.17) is 5.26 Å². The summed E-state index contributed by atoms with van der Waals surface area (Å²) in [7, 11) is 0. The first-order chi connectivity index (χ1) is 5.81. The van der Waals surface area contributed by atoms with Gasteiger partial charge in [-0.05, 0) is 18.2 Å². The maximum absolute atomic E-state index is 12.8. The number of aromatic nitrogens is 2. The van der Waals surface area contributed by atoms with Gasteiger partial charge < -0.3 is 0 Å². The van der Waals surface area contributed by atoms with Gasteiger partial charge in [-0.15, -0.1) is 0 Å². The van der Waals surface area contributed by atoms with Gasteiger partial charge in [0.2, 0.25) is 5.95 Å². The minimum absolute atomic E-state index is 0.356. The smallest absolute Gasteiger partial charge is 0.216 e. The lowest BCUT2D eigenvalue weighted by atomic mass is 10.2. The Morgan fingerprint density at radius 2 is 2.33 bits per heavy atom. The predicted molar refractivity (Wildman–Crippen MR) is 40.8 cm³/mol. The minimum atomic E-state index is -0.498. The van der Waals surface area contributed by atoms with Gasteiger partial charge in [-0.1, -0.05) is 0 Å². The number of halogens is 1. The van der Waals surface area contributed by atoms with Crippen molar-refractivity contribution in [3.05, 3.63) is 29.7 Å². The molecule has 0 radical (unpaired) electrons. The molecule has 58 valence electrons. The van der Waals surface area contributed by atoms with Crippen molar-refractivity contribution in [1.82, 2.24) is 10.2 Å². The molecular formula is C8H4FN3. The van der Waals surface area contributed by atoms with E-state index in [0.29, 0.717) is 16.5 Å². The van der Waals surface area contributed by atoms with Gasteiger partial charge in [0.05, 0.1) is 22.5 Å². The first-order valence-corrected chi connectivity index (χ1v) is 3.35. The molecule has 0 bridgehead atoms. The number of rotatable bonds is 0. The monoisotopic (exact) mass is 161 g/mol. The number of aromatic amines is 1. The summed E-state index contributed by atoms with van der Waals surface area (Å²) in [6.45, 7) is 0. The summed E-state index contributed by atoms with van der Waals surface area (Å²) in [5.41, 5.74) is 0.967. The zero-order valence-electron chi connectivity index (χ0n) is 6.00. The van der Waals surface area contributed by atoms with E-state index in [1.165, 1.54) is 6.07 Å². The van der Waals surface area contributed by atoms with E-state index in [1.54, 1.807) is 12.1 Å². The molecule has 1 heterocycles. The van der Waals surface area contributed by atoms with Crippen molar-refractivity contribution >= 4 is 10.9 Å². The summed E-state index contributed by atoms with van der Waals surface area (Å²) in [4.78, 5) is 0. The third kappa shape index (κ3) is 0.839. The van der Waals surface area contributed by atoms with Crippen molar-refractivity contribution in [3.8, 4) is 6.07 Å². The molecule has 4 heteroatoms. The molecule has 0 saturated carbocycles. The standard InChI is InChI=1S/C8H4FN3/c9-8-6-3-5(4-10)1-2-7(6)11-12-8/h1-3H,(H,11,12). The van der Waals surface area contributed by atoms with Gasteiger partial charge in [-0.3, -0.25) is 5.10 Å². The topological polar surface area (TPSA) is 52.5 Å². The van der Waals surface area contributed by atoms with E-state index < -0.39 is 5.95 Å².